The maximum absolute atomic E-state index is 11.0. The molecule has 0 aromatic carbocycles. The van der Waals surface area contributed by atoms with Gasteiger partial charge >= 0.3 is 11.8 Å². The van der Waals surface area contributed by atoms with E-state index >= 15 is 0 Å². The van der Waals surface area contributed by atoms with Crippen LogP contribution in [0.25, 0.3) is 0 Å². The summed E-state index contributed by atoms with van der Waals surface area (Å²) in [7, 11) is 0. The van der Waals surface area contributed by atoms with Gasteiger partial charge < -0.3 is 10.6 Å². The van der Waals surface area contributed by atoms with Gasteiger partial charge in [0.1, 0.15) is 0 Å². The Kier molecular flexibility index (Phi) is 5.59. The molecule has 2 N–H and O–H groups in total. The van der Waals surface area contributed by atoms with Crippen LogP contribution >= 0.6 is 0 Å². The Labute approximate surface area is 78.4 Å². The van der Waals surface area contributed by atoms with Gasteiger partial charge in [-0.1, -0.05) is 19.9 Å². The van der Waals surface area contributed by atoms with E-state index in [2.05, 4.69) is 17.2 Å². The van der Waals surface area contributed by atoms with Crippen LogP contribution in [0.15, 0.2) is 12.7 Å². The molecule has 0 aromatic rings. The summed E-state index contributed by atoms with van der Waals surface area (Å²) in [4.78, 5) is 21.9. The molecule has 0 rings (SSSR count). The lowest BCUT2D eigenvalue weighted by Gasteiger charge is -2.06. The van der Waals surface area contributed by atoms with E-state index in [0.29, 0.717) is 19.0 Å². The van der Waals surface area contributed by atoms with E-state index in [-0.39, 0.29) is 0 Å². The number of nitrogens with one attached hydrogen (secondary N) is 2. The highest BCUT2D eigenvalue weighted by Gasteiger charge is 2.11. The summed E-state index contributed by atoms with van der Waals surface area (Å²) in [6.45, 7) is 8.17. The van der Waals surface area contributed by atoms with E-state index in [1.54, 1.807) is 0 Å². The van der Waals surface area contributed by atoms with Crippen molar-refractivity contribution in [3.63, 3.8) is 0 Å². The van der Waals surface area contributed by atoms with E-state index in [1.165, 1.54) is 6.08 Å². The van der Waals surface area contributed by atoms with Gasteiger partial charge in [0.05, 0.1) is 0 Å². The first kappa shape index (κ1) is 11.7. The third-order valence-electron chi connectivity index (χ3n) is 1.28. The minimum Gasteiger partial charge on any atom is -0.348 e. The van der Waals surface area contributed by atoms with Crippen LogP contribution in [0, 0.1) is 5.92 Å². The minimum atomic E-state index is -0.611. The zero-order valence-electron chi connectivity index (χ0n) is 8.09. The number of amides is 2. The van der Waals surface area contributed by atoms with Gasteiger partial charge in [0.25, 0.3) is 0 Å². The molecule has 0 unspecified atom stereocenters. The molecule has 2 amide bonds. The molecule has 0 radical (unpaired) electrons. The highest BCUT2D eigenvalue weighted by atomic mass is 16.2. The van der Waals surface area contributed by atoms with E-state index in [1.807, 2.05) is 13.8 Å². The molecule has 0 saturated heterocycles. The second kappa shape index (κ2) is 6.22. The van der Waals surface area contributed by atoms with Crippen LogP contribution in [0.5, 0.6) is 0 Å². The monoisotopic (exact) mass is 184 g/mol. The molecule has 0 aromatic heterocycles. The van der Waals surface area contributed by atoms with Crippen molar-refractivity contribution in [1.29, 1.82) is 0 Å². The first-order valence-electron chi connectivity index (χ1n) is 4.24. The molecular weight excluding hydrogens is 168 g/mol. The third-order valence-corrected chi connectivity index (χ3v) is 1.28. The zero-order valence-corrected chi connectivity index (χ0v) is 8.09. The van der Waals surface area contributed by atoms with Crippen LogP contribution in [0.1, 0.15) is 13.8 Å². The molecule has 13 heavy (non-hydrogen) atoms. The molecule has 0 fully saturated rings. The van der Waals surface area contributed by atoms with Crippen molar-refractivity contribution in [2.24, 2.45) is 5.92 Å². The van der Waals surface area contributed by atoms with E-state index in [9.17, 15) is 9.59 Å². The van der Waals surface area contributed by atoms with Crippen LogP contribution in [0.4, 0.5) is 0 Å². The Morgan fingerprint density at radius 3 is 2.31 bits per heavy atom. The fourth-order valence-corrected chi connectivity index (χ4v) is 0.622. The lowest BCUT2D eigenvalue weighted by Crippen LogP contribution is -2.41. The van der Waals surface area contributed by atoms with E-state index < -0.39 is 11.8 Å². The predicted octanol–water partition coefficient (Wildman–Crippen LogP) is 0.0608. The average molecular weight is 184 g/mol. The quantitative estimate of drug-likeness (QED) is 0.479. The number of carbonyl (C=O) groups excluding carboxylic acids is 2. The van der Waals surface area contributed by atoms with Gasteiger partial charge in [-0.25, -0.2) is 0 Å². The first-order chi connectivity index (χ1) is 6.07. The molecule has 0 heterocycles. The molecule has 4 nitrogen and oxygen atoms in total. The third kappa shape index (κ3) is 5.90. The largest absolute Gasteiger partial charge is 0.348 e. The Balaban J connectivity index is 3.69. The van der Waals surface area contributed by atoms with Crippen molar-refractivity contribution in [2.45, 2.75) is 13.8 Å². The Morgan fingerprint density at radius 1 is 1.31 bits per heavy atom. The smallest absolute Gasteiger partial charge is 0.309 e. The van der Waals surface area contributed by atoms with Crippen LogP contribution in [-0.2, 0) is 9.59 Å². The maximum Gasteiger partial charge on any atom is 0.309 e. The van der Waals surface area contributed by atoms with Gasteiger partial charge in [-0.15, -0.1) is 6.58 Å². The van der Waals surface area contributed by atoms with Crippen LogP contribution < -0.4 is 10.6 Å². The first-order valence-corrected chi connectivity index (χ1v) is 4.24. The number of hydrogen-bond acceptors (Lipinski definition) is 2. The van der Waals surface area contributed by atoms with Gasteiger partial charge in [-0.2, -0.15) is 0 Å². The molecule has 0 aliphatic carbocycles. The van der Waals surface area contributed by atoms with Crippen molar-refractivity contribution in [3.8, 4) is 0 Å². The lowest BCUT2D eigenvalue weighted by molar-refractivity contribution is -0.139. The Bertz CT molecular complexity index is 200. The van der Waals surface area contributed by atoms with Gasteiger partial charge in [0.2, 0.25) is 0 Å². The average Bonchev–Trinajstić information content (AvgIpc) is 2.10. The molecule has 0 aliphatic heterocycles. The predicted molar refractivity (Wildman–Crippen MR) is 51.1 cm³/mol. The number of carbonyl (C=O) groups is 2. The van der Waals surface area contributed by atoms with Crippen molar-refractivity contribution >= 4 is 11.8 Å². The second-order valence-electron chi connectivity index (χ2n) is 3.10. The molecule has 4 heteroatoms. The summed E-state index contributed by atoms with van der Waals surface area (Å²) < 4.78 is 0. The zero-order chi connectivity index (χ0) is 10.3. The lowest BCUT2D eigenvalue weighted by atomic mass is 10.2. The van der Waals surface area contributed by atoms with Crippen LogP contribution in [0.3, 0.4) is 0 Å². The maximum atomic E-state index is 11.0. The summed E-state index contributed by atoms with van der Waals surface area (Å²) in [5.41, 5.74) is 0. The molecule has 0 spiro atoms. The fraction of sp³-hybridized carbons (Fsp3) is 0.556. The fourth-order valence-electron chi connectivity index (χ4n) is 0.622. The summed E-state index contributed by atoms with van der Waals surface area (Å²) in [6.07, 6.45) is 1.52. The minimum absolute atomic E-state index is 0.313. The molecule has 0 aliphatic rings. The van der Waals surface area contributed by atoms with Gasteiger partial charge in [-0.3, -0.25) is 9.59 Å². The summed E-state index contributed by atoms with van der Waals surface area (Å²) in [5, 5.41) is 4.89. The van der Waals surface area contributed by atoms with Crippen molar-refractivity contribution in [2.75, 3.05) is 13.1 Å². The Morgan fingerprint density at radius 2 is 1.85 bits per heavy atom. The molecule has 74 valence electrons. The molecule has 0 atom stereocenters. The highest BCUT2D eigenvalue weighted by Crippen LogP contribution is 1.86. The molecule has 0 saturated carbocycles. The normalized spacial score (nSPS) is 9.46. The van der Waals surface area contributed by atoms with Crippen molar-refractivity contribution in [3.05, 3.63) is 12.7 Å². The van der Waals surface area contributed by atoms with Crippen LogP contribution in [-0.4, -0.2) is 24.9 Å². The second-order valence-corrected chi connectivity index (χ2v) is 3.10. The van der Waals surface area contributed by atoms with Crippen molar-refractivity contribution in [1.82, 2.24) is 10.6 Å². The highest BCUT2D eigenvalue weighted by molar-refractivity contribution is 6.35. The summed E-state index contributed by atoms with van der Waals surface area (Å²) in [5.74, 6) is -0.854. The number of hydrogen-bond donors (Lipinski definition) is 2. The number of rotatable bonds is 4. The molecule has 0 bridgehead atoms. The van der Waals surface area contributed by atoms with Crippen LogP contribution in [0.2, 0.25) is 0 Å². The van der Waals surface area contributed by atoms with Gasteiger partial charge in [0.15, 0.2) is 0 Å². The molecular formula is C9H16N2O2. The van der Waals surface area contributed by atoms with Crippen molar-refractivity contribution < 1.29 is 9.59 Å². The van der Waals surface area contributed by atoms with Gasteiger partial charge in [0, 0.05) is 13.1 Å². The summed E-state index contributed by atoms with van der Waals surface area (Å²) in [6, 6.07) is 0. The SMILES string of the molecule is C=CCNC(=O)C(=O)NCC(C)C. The van der Waals surface area contributed by atoms with Gasteiger partial charge in [-0.05, 0) is 5.92 Å². The van der Waals surface area contributed by atoms with E-state index in [0.717, 1.165) is 0 Å². The Hall–Kier alpha value is -1.32. The van der Waals surface area contributed by atoms with E-state index in [4.69, 9.17) is 0 Å². The standard InChI is InChI=1S/C9H16N2O2/c1-4-5-10-8(12)9(13)11-6-7(2)3/h4,7H,1,5-6H2,2-3H3,(H,10,12)(H,11,13). The topological polar surface area (TPSA) is 58.2 Å². The summed E-state index contributed by atoms with van der Waals surface area (Å²) >= 11 is 0.